The molecule has 1 unspecified atom stereocenters. The lowest BCUT2D eigenvalue weighted by Crippen LogP contribution is -2.01. The number of hydrogen-bond donors (Lipinski definition) is 1. The van der Waals surface area contributed by atoms with Crippen molar-refractivity contribution in [3.8, 4) is 6.07 Å². The number of aliphatic hydroxyl groups is 1. The smallest absolute Gasteiger partial charge is 0.245 e. The van der Waals surface area contributed by atoms with Crippen molar-refractivity contribution in [2.24, 2.45) is 0 Å². The van der Waals surface area contributed by atoms with Gasteiger partial charge in [-0.25, -0.2) is 0 Å². The maximum Gasteiger partial charge on any atom is 0.245 e. The molecule has 0 aliphatic heterocycles. The molecule has 0 aromatic rings. The van der Waals surface area contributed by atoms with Gasteiger partial charge in [0.1, 0.15) is 6.07 Å². The van der Waals surface area contributed by atoms with Gasteiger partial charge in [-0.05, 0) is 0 Å². The predicted molar refractivity (Wildman–Crippen MR) is 17.3 cm³/mol. The zero-order chi connectivity index (χ0) is 4.99. The fourth-order valence-electron chi connectivity index (χ4n) is 0.0264. The third-order valence-corrected chi connectivity index (χ3v) is 0.234. The lowest BCUT2D eigenvalue weighted by atomic mass is 10.5. The summed E-state index contributed by atoms with van der Waals surface area (Å²) in [6.07, 6.45) is -0.506. The first-order chi connectivity index (χ1) is 2.81. The molecule has 0 aromatic carbocycles. The fourth-order valence-corrected chi connectivity index (χ4v) is 0.0264. The van der Waals surface area contributed by atoms with Gasteiger partial charge in [0.05, 0.1) is 0 Å². The first-order valence-corrected chi connectivity index (χ1v) is 1.26. The molecule has 0 spiro atoms. The van der Waals surface area contributed by atoms with Crippen molar-refractivity contribution in [1.82, 2.24) is 0 Å². The number of carbonyl (C=O) groups excluding carboxylic acids is 1. The quantitative estimate of drug-likeness (QED) is 0.413. The Kier molecular flexibility index (Phi) is 2.02. The minimum atomic E-state index is -1.56. The summed E-state index contributed by atoms with van der Waals surface area (Å²) >= 11 is 0. The third-order valence-electron chi connectivity index (χ3n) is 0.234. The molecule has 31 valence electrons. The van der Waals surface area contributed by atoms with E-state index in [1.807, 2.05) is 0 Å². The second-order valence-corrected chi connectivity index (χ2v) is 0.649. The Hall–Kier alpha value is -0.880. The first-order valence-electron chi connectivity index (χ1n) is 1.26. The minimum Gasteiger partial charge on any atom is -0.371 e. The van der Waals surface area contributed by atoms with Crippen LogP contribution in [0.2, 0.25) is 0 Å². The van der Waals surface area contributed by atoms with Crippen LogP contribution >= 0.6 is 0 Å². The zero-order valence-corrected chi connectivity index (χ0v) is 2.88. The molecule has 1 N–H and O–H groups in total. The lowest BCUT2D eigenvalue weighted by molar-refractivity contribution is 0.286. The van der Waals surface area contributed by atoms with E-state index in [0.29, 0.717) is 0 Å². The maximum absolute atomic E-state index is 9.14. The van der Waals surface area contributed by atoms with E-state index in [1.165, 1.54) is 6.07 Å². The summed E-state index contributed by atoms with van der Waals surface area (Å²) in [6.45, 7) is 0. The van der Waals surface area contributed by atoms with Crippen LogP contribution in [0.25, 0.3) is 0 Å². The monoisotopic (exact) mass is 84.0 g/mol. The summed E-state index contributed by atoms with van der Waals surface area (Å²) in [7, 11) is 0. The van der Waals surface area contributed by atoms with E-state index in [1.54, 1.807) is 0 Å². The molecule has 1 radical (unpaired) electrons. The van der Waals surface area contributed by atoms with Gasteiger partial charge in [-0.15, -0.1) is 0 Å². The van der Waals surface area contributed by atoms with Crippen LogP contribution < -0.4 is 0 Å². The number of hydrogen-bond acceptors (Lipinski definition) is 3. The van der Waals surface area contributed by atoms with E-state index in [4.69, 9.17) is 15.2 Å². The number of aliphatic hydroxyl groups excluding tert-OH is 1. The van der Waals surface area contributed by atoms with Crippen molar-refractivity contribution in [3.63, 3.8) is 0 Å². The molecule has 0 aliphatic carbocycles. The highest BCUT2D eigenvalue weighted by Gasteiger charge is 1.93. The SMILES string of the molecule is N#CC(O)[C]=O. The Morgan fingerprint density at radius 3 is 2.33 bits per heavy atom. The van der Waals surface area contributed by atoms with Gasteiger partial charge < -0.3 is 5.11 Å². The van der Waals surface area contributed by atoms with Crippen molar-refractivity contribution in [3.05, 3.63) is 0 Å². The molecular weight excluding hydrogens is 82.0 g/mol. The van der Waals surface area contributed by atoms with Crippen molar-refractivity contribution in [1.29, 1.82) is 5.26 Å². The second-order valence-electron chi connectivity index (χ2n) is 0.649. The standard InChI is InChI=1S/C3H2NO2/c4-1-3(6)2-5/h3,6H. The molecular formula is C3H2NO2. The molecule has 0 saturated carbocycles. The molecule has 0 fully saturated rings. The molecule has 0 heterocycles. The van der Waals surface area contributed by atoms with Crippen LogP contribution in [0, 0.1) is 11.3 Å². The number of nitrogens with zero attached hydrogens (tertiary/aromatic N) is 1. The largest absolute Gasteiger partial charge is 0.371 e. The highest BCUT2D eigenvalue weighted by molar-refractivity contribution is 5.60. The van der Waals surface area contributed by atoms with Crippen molar-refractivity contribution >= 4 is 6.29 Å². The van der Waals surface area contributed by atoms with Gasteiger partial charge in [0.25, 0.3) is 0 Å². The van der Waals surface area contributed by atoms with Crippen LogP contribution in [0.15, 0.2) is 0 Å². The average Bonchev–Trinajstić information content (AvgIpc) is 1.65. The molecule has 0 aromatic heterocycles. The molecule has 0 rings (SSSR count). The minimum absolute atomic E-state index is 1.06. The van der Waals surface area contributed by atoms with Crippen LogP contribution in [0.3, 0.4) is 0 Å². The summed E-state index contributed by atoms with van der Waals surface area (Å²) in [5, 5.41) is 15.5. The molecule has 0 aliphatic rings. The Morgan fingerprint density at radius 1 is 1.83 bits per heavy atom. The second kappa shape index (κ2) is 2.36. The van der Waals surface area contributed by atoms with Gasteiger partial charge in [0, 0.05) is 0 Å². The van der Waals surface area contributed by atoms with E-state index < -0.39 is 6.10 Å². The van der Waals surface area contributed by atoms with Gasteiger partial charge >= 0.3 is 0 Å². The zero-order valence-electron chi connectivity index (χ0n) is 2.88. The van der Waals surface area contributed by atoms with Gasteiger partial charge in [-0.1, -0.05) is 0 Å². The Balaban J connectivity index is 3.30. The lowest BCUT2D eigenvalue weighted by Gasteiger charge is -1.74. The first kappa shape index (κ1) is 5.12. The van der Waals surface area contributed by atoms with Gasteiger partial charge in [0.2, 0.25) is 12.4 Å². The van der Waals surface area contributed by atoms with Crippen LogP contribution in [-0.4, -0.2) is 17.5 Å². The van der Waals surface area contributed by atoms with Crippen molar-refractivity contribution < 1.29 is 9.90 Å². The Bertz CT molecular complexity index is 83.3. The van der Waals surface area contributed by atoms with Crippen LogP contribution in [0.1, 0.15) is 0 Å². The molecule has 3 nitrogen and oxygen atoms in total. The molecule has 1 atom stereocenters. The van der Waals surface area contributed by atoms with Crippen LogP contribution in [0.5, 0.6) is 0 Å². The van der Waals surface area contributed by atoms with E-state index >= 15 is 0 Å². The maximum atomic E-state index is 9.14. The highest BCUT2D eigenvalue weighted by atomic mass is 16.3. The van der Waals surface area contributed by atoms with Gasteiger partial charge in [-0.3, -0.25) is 4.79 Å². The normalized spacial score (nSPS) is 12.0. The fraction of sp³-hybridized carbons (Fsp3) is 0.333. The highest BCUT2D eigenvalue weighted by Crippen LogP contribution is 1.63. The van der Waals surface area contributed by atoms with Gasteiger partial charge in [-0.2, -0.15) is 5.26 Å². The topological polar surface area (TPSA) is 61.1 Å². The summed E-state index contributed by atoms with van der Waals surface area (Å²) in [5.41, 5.74) is 0. The molecule has 0 bridgehead atoms. The summed E-state index contributed by atoms with van der Waals surface area (Å²) in [5.74, 6) is 0. The molecule has 0 saturated heterocycles. The predicted octanol–water partition coefficient (Wildman–Crippen LogP) is -1.02. The summed E-state index contributed by atoms with van der Waals surface area (Å²) in [6, 6.07) is 1.25. The van der Waals surface area contributed by atoms with E-state index in [-0.39, 0.29) is 0 Å². The Morgan fingerprint density at radius 2 is 2.33 bits per heavy atom. The van der Waals surface area contributed by atoms with E-state index in [9.17, 15) is 0 Å². The molecule has 3 heteroatoms. The molecule has 0 amide bonds. The number of nitriles is 1. The van der Waals surface area contributed by atoms with E-state index in [0.717, 1.165) is 6.29 Å². The Labute approximate surface area is 34.8 Å². The third kappa shape index (κ3) is 1.44. The van der Waals surface area contributed by atoms with Crippen molar-refractivity contribution in [2.45, 2.75) is 6.10 Å². The number of rotatable bonds is 1. The van der Waals surface area contributed by atoms with Crippen LogP contribution in [0.4, 0.5) is 0 Å². The summed E-state index contributed by atoms with van der Waals surface area (Å²) in [4.78, 5) is 9.14. The summed E-state index contributed by atoms with van der Waals surface area (Å²) < 4.78 is 0. The average molecular weight is 84.1 g/mol. The van der Waals surface area contributed by atoms with E-state index in [2.05, 4.69) is 0 Å². The van der Waals surface area contributed by atoms with Crippen LogP contribution in [-0.2, 0) is 4.79 Å². The van der Waals surface area contributed by atoms with Gasteiger partial charge in [0.15, 0.2) is 0 Å². The molecule has 6 heavy (non-hydrogen) atoms. The van der Waals surface area contributed by atoms with Crippen molar-refractivity contribution in [2.75, 3.05) is 0 Å².